The average Bonchev–Trinajstić information content (AvgIpc) is 3.26. The monoisotopic (exact) mass is 462 g/mol. The van der Waals surface area contributed by atoms with Gasteiger partial charge < -0.3 is 9.64 Å². The van der Waals surface area contributed by atoms with Gasteiger partial charge in [0.2, 0.25) is 0 Å². The first-order valence-electron chi connectivity index (χ1n) is 10.5. The van der Waals surface area contributed by atoms with Crippen LogP contribution in [0.4, 0.5) is 16.2 Å². The number of hydrogen-bond donors (Lipinski definition) is 1. The second-order valence-corrected chi connectivity index (χ2v) is 7.85. The molecule has 0 saturated carbocycles. The Kier molecular flexibility index (Phi) is 6.60. The van der Waals surface area contributed by atoms with Gasteiger partial charge in [-0.1, -0.05) is 30.7 Å². The van der Waals surface area contributed by atoms with Crippen molar-refractivity contribution in [3.8, 4) is 11.3 Å². The number of amides is 2. The molecule has 4 aromatic rings. The Bertz CT molecular complexity index is 1280. The van der Waals surface area contributed by atoms with Gasteiger partial charge in [-0.05, 0) is 55.0 Å². The Labute approximate surface area is 196 Å². The number of fused-ring (bicyclic) bond motifs is 1. The number of imidazole rings is 1. The van der Waals surface area contributed by atoms with E-state index in [1.807, 2.05) is 41.7 Å². The van der Waals surface area contributed by atoms with Crippen molar-refractivity contribution in [2.45, 2.75) is 13.3 Å². The number of pyridine rings is 1. The number of rotatable bonds is 6. The van der Waals surface area contributed by atoms with Gasteiger partial charge in [0.05, 0.1) is 24.6 Å². The van der Waals surface area contributed by atoms with E-state index < -0.39 is 6.09 Å². The molecule has 0 aliphatic rings. The molecule has 0 spiro atoms. The third-order valence-corrected chi connectivity index (χ3v) is 5.45. The SMILES string of the molecule is CCCN(C(=O)c1ccc2ncc(-c3ccc(NC(=O)OC)cc3)n2c1)c1ccc(Cl)cc1. The largest absolute Gasteiger partial charge is 0.453 e. The number of benzene rings is 2. The van der Waals surface area contributed by atoms with Gasteiger partial charge in [-0.25, -0.2) is 9.78 Å². The van der Waals surface area contributed by atoms with Crippen molar-refractivity contribution in [3.05, 3.63) is 83.6 Å². The smallest absolute Gasteiger partial charge is 0.411 e. The number of methoxy groups -OCH3 is 1. The van der Waals surface area contributed by atoms with Crippen LogP contribution in [0.5, 0.6) is 0 Å². The van der Waals surface area contributed by atoms with Crippen LogP contribution in [0.2, 0.25) is 5.02 Å². The number of halogens is 1. The van der Waals surface area contributed by atoms with Gasteiger partial charge in [0, 0.05) is 34.7 Å². The van der Waals surface area contributed by atoms with Gasteiger partial charge in [-0.2, -0.15) is 0 Å². The number of ether oxygens (including phenoxy) is 1. The lowest BCUT2D eigenvalue weighted by molar-refractivity contribution is 0.0986. The molecule has 7 nitrogen and oxygen atoms in total. The summed E-state index contributed by atoms with van der Waals surface area (Å²) in [6, 6.07) is 18.2. The van der Waals surface area contributed by atoms with Gasteiger partial charge >= 0.3 is 6.09 Å². The van der Waals surface area contributed by atoms with Crippen LogP contribution in [-0.2, 0) is 4.74 Å². The minimum absolute atomic E-state index is 0.0988. The van der Waals surface area contributed by atoms with E-state index in [0.717, 1.165) is 29.0 Å². The zero-order valence-corrected chi connectivity index (χ0v) is 19.0. The zero-order valence-electron chi connectivity index (χ0n) is 18.3. The first kappa shape index (κ1) is 22.4. The van der Waals surface area contributed by atoms with Crippen molar-refractivity contribution in [3.63, 3.8) is 0 Å². The Morgan fingerprint density at radius 3 is 2.45 bits per heavy atom. The standard InChI is InChI=1S/C25H23ClN4O3/c1-3-14-29(21-11-7-19(26)8-12-21)24(31)18-6-13-23-27-15-22(30(23)16-18)17-4-9-20(10-5-17)28-25(32)33-2/h4-13,15-16H,3,14H2,1-2H3,(H,28,32). The number of carbonyl (C=O) groups excluding carboxylic acids is 2. The number of carbonyl (C=O) groups is 2. The lowest BCUT2D eigenvalue weighted by atomic mass is 10.1. The zero-order chi connectivity index (χ0) is 23.4. The second kappa shape index (κ2) is 9.75. The summed E-state index contributed by atoms with van der Waals surface area (Å²) in [5.41, 5.74) is 4.42. The van der Waals surface area contributed by atoms with Gasteiger partial charge in [0.1, 0.15) is 5.65 Å². The molecular formula is C25H23ClN4O3. The Balaban J connectivity index is 1.66. The maximum atomic E-state index is 13.4. The Morgan fingerprint density at radius 2 is 1.79 bits per heavy atom. The summed E-state index contributed by atoms with van der Waals surface area (Å²) in [6.07, 6.45) is 3.85. The van der Waals surface area contributed by atoms with Crippen molar-refractivity contribution >= 4 is 40.6 Å². The second-order valence-electron chi connectivity index (χ2n) is 7.42. The normalized spacial score (nSPS) is 10.8. The summed E-state index contributed by atoms with van der Waals surface area (Å²) < 4.78 is 6.51. The van der Waals surface area contributed by atoms with E-state index in [9.17, 15) is 9.59 Å². The molecule has 2 aromatic carbocycles. The van der Waals surface area contributed by atoms with Crippen molar-refractivity contribution in [2.24, 2.45) is 0 Å². The summed E-state index contributed by atoms with van der Waals surface area (Å²) in [4.78, 5) is 31.0. The van der Waals surface area contributed by atoms with E-state index in [1.165, 1.54) is 7.11 Å². The third-order valence-electron chi connectivity index (χ3n) is 5.20. The molecule has 0 fully saturated rings. The minimum Gasteiger partial charge on any atom is -0.453 e. The van der Waals surface area contributed by atoms with E-state index >= 15 is 0 Å². The van der Waals surface area contributed by atoms with E-state index in [0.29, 0.717) is 22.8 Å². The molecule has 168 valence electrons. The van der Waals surface area contributed by atoms with Crippen LogP contribution in [0, 0.1) is 0 Å². The molecule has 0 aliphatic carbocycles. The van der Waals surface area contributed by atoms with Gasteiger partial charge in [-0.15, -0.1) is 0 Å². The Hall–Kier alpha value is -3.84. The van der Waals surface area contributed by atoms with Gasteiger partial charge in [0.25, 0.3) is 5.91 Å². The summed E-state index contributed by atoms with van der Waals surface area (Å²) in [5.74, 6) is -0.0988. The van der Waals surface area contributed by atoms with Crippen molar-refractivity contribution in [2.75, 3.05) is 23.9 Å². The maximum Gasteiger partial charge on any atom is 0.411 e. The van der Waals surface area contributed by atoms with E-state index in [1.54, 1.807) is 47.6 Å². The predicted molar refractivity (Wildman–Crippen MR) is 130 cm³/mol. The third kappa shape index (κ3) is 4.83. The van der Waals surface area contributed by atoms with E-state index in [4.69, 9.17) is 11.6 Å². The number of hydrogen-bond acceptors (Lipinski definition) is 4. The van der Waals surface area contributed by atoms with Gasteiger partial charge in [0.15, 0.2) is 0 Å². The highest BCUT2D eigenvalue weighted by molar-refractivity contribution is 6.30. The van der Waals surface area contributed by atoms with Crippen LogP contribution in [0.3, 0.4) is 0 Å². The topological polar surface area (TPSA) is 75.9 Å². The molecule has 0 saturated heterocycles. The molecule has 0 atom stereocenters. The molecule has 2 aromatic heterocycles. The first-order chi connectivity index (χ1) is 16.0. The molecule has 33 heavy (non-hydrogen) atoms. The number of anilines is 2. The number of nitrogens with one attached hydrogen (secondary N) is 1. The molecular weight excluding hydrogens is 440 g/mol. The van der Waals surface area contributed by atoms with Crippen LogP contribution < -0.4 is 10.2 Å². The fourth-order valence-electron chi connectivity index (χ4n) is 3.56. The van der Waals surface area contributed by atoms with Crippen molar-refractivity contribution in [1.82, 2.24) is 9.38 Å². The van der Waals surface area contributed by atoms with Crippen LogP contribution in [0.15, 0.2) is 73.1 Å². The van der Waals surface area contributed by atoms with Crippen LogP contribution in [0.25, 0.3) is 16.9 Å². The highest BCUT2D eigenvalue weighted by Gasteiger charge is 2.18. The lowest BCUT2D eigenvalue weighted by Crippen LogP contribution is -2.31. The molecule has 4 rings (SSSR count). The molecule has 1 N–H and O–H groups in total. The van der Waals surface area contributed by atoms with Gasteiger partial charge in [-0.3, -0.25) is 14.5 Å². The van der Waals surface area contributed by atoms with E-state index in [2.05, 4.69) is 15.0 Å². The fourth-order valence-corrected chi connectivity index (χ4v) is 3.69. The van der Waals surface area contributed by atoms with Crippen molar-refractivity contribution in [1.29, 1.82) is 0 Å². The molecule has 0 radical (unpaired) electrons. The molecule has 0 unspecified atom stereocenters. The highest BCUT2D eigenvalue weighted by atomic mass is 35.5. The van der Waals surface area contributed by atoms with Crippen LogP contribution >= 0.6 is 11.6 Å². The summed E-state index contributed by atoms with van der Waals surface area (Å²) in [6.45, 7) is 2.62. The maximum absolute atomic E-state index is 13.4. The van der Waals surface area contributed by atoms with Crippen LogP contribution in [-0.4, -0.2) is 35.0 Å². The quantitative estimate of drug-likeness (QED) is 0.387. The number of aromatic nitrogens is 2. The molecule has 0 aliphatic heterocycles. The Morgan fingerprint density at radius 1 is 1.06 bits per heavy atom. The molecule has 2 amide bonds. The summed E-state index contributed by atoms with van der Waals surface area (Å²) >= 11 is 6.02. The minimum atomic E-state index is -0.530. The fraction of sp³-hybridized carbons (Fsp3) is 0.160. The van der Waals surface area contributed by atoms with E-state index in [-0.39, 0.29) is 5.91 Å². The predicted octanol–water partition coefficient (Wildman–Crippen LogP) is 5.89. The first-order valence-corrected chi connectivity index (χ1v) is 10.9. The molecule has 2 heterocycles. The summed E-state index contributed by atoms with van der Waals surface area (Å²) in [5, 5.41) is 3.25. The average molecular weight is 463 g/mol. The number of nitrogens with zero attached hydrogens (tertiary/aromatic N) is 3. The van der Waals surface area contributed by atoms with Crippen molar-refractivity contribution < 1.29 is 14.3 Å². The highest BCUT2D eigenvalue weighted by Crippen LogP contribution is 2.25. The van der Waals surface area contributed by atoms with Crippen LogP contribution in [0.1, 0.15) is 23.7 Å². The lowest BCUT2D eigenvalue weighted by Gasteiger charge is -2.22. The summed E-state index contributed by atoms with van der Waals surface area (Å²) in [7, 11) is 1.32. The molecule has 0 bridgehead atoms. The molecule has 8 heteroatoms.